The first-order valence-electron chi connectivity index (χ1n) is 6.16. The van der Waals surface area contributed by atoms with Gasteiger partial charge < -0.3 is 19.3 Å². The van der Waals surface area contributed by atoms with E-state index in [4.69, 9.17) is 14.0 Å². The second-order valence-corrected chi connectivity index (χ2v) is 5.61. The number of nitrogens with one attached hydrogen (secondary N) is 1. The standard InChI is InChI=1S/C11H17N3O3S/c1-12-8-5-15-4-7(8)11-13-10(14-17-11)9-6-18-3-2-16-9/h7-9,12H,2-6H2,1H3. The molecule has 3 unspecified atom stereocenters. The molecule has 0 aliphatic carbocycles. The van der Waals surface area contributed by atoms with Crippen LogP contribution in [0.3, 0.4) is 0 Å². The van der Waals surface area contributed by atoms with Crippen molar-refractivity contribution in [2.75, 3.05) is 38.4 Å². The molecule has 7 heteroatoms. The summed E-state index contributed by atoms with van der Waals surface area (Å²) in [6, 6.07) is 0.250. The number of rotatable bonds is 3. The van der Waals surface area contributed by atoms with Crippen LogP contribution in [0.15, 0.2) is 4.52 Å². The second-order valence-electron chi connectivity index (χ2n) is 4.46. The molecule has 18 heavy (non-hydrogen) atoms. The van der Waals surface area contributed by atoms with E-state index < -0.39 is 0 Å². The Morgan fingerprint density at radius 3 is 3.11 bits per heavy atom. The first-order chi connectivity index (χ1) is 8.88. The van der Waals surface area contributed by atoms with Gasteiger partial charge in [0.25, 0.3) is 0 Å². The number of hydrogen-bond donors (Lipinski definition) is 1. The number of ether oxygens (including phenoxy) is 2. The van der Waals surface area contributed by atoms with Crippen molar-refractivity contribution in [1.82, 2.24) is 15.5 Å². The maximum Gasteiger partial charge on any atom is 0.233 e. The van der Waals surface area contributed by atoms with Gasteiger partial charge in [0.2, 0.25) is 11.7 Å². The van der Waals surface area contributed by atoms with E-state index in [2.05, 4.69) is 15.5 Å². The topological polar surface area (TPSA) is 69.4 Å². The van der Waals surface area contributed by atoms with Crippen molar-refractivity contribution < 1.29 is 14.0 Å². The summed E-state index contributed by atoms with van der Waals surface area (Å²) < 4.78 is 16.4. The highest BCUT2D eigenvalue weighted by Gasteiger charge is 2.34. The minimum absolute atomic E-state index is 0.0309. The molecule has 0 amide bonds. The molecule has 2 saturated heterocycles. The third-order valence-electron chi connectivity index (χ3n) is 3.33. The molecule has 0 saturated carbocycles. The van der Waals surface area contributed by atoms with E-state index in [1.54, 1.807) is 0 Å². The summed E-state index contributed by atoms with van der Waals surface area (Å²) >= 11 is 1.86. The predicted molar refractivity (Wildman–Crippen MR) is 66.7 cm³/mol. The quantitative estimate of drug-likeness (QED) is 0.862. The van der Waals surface area contributed by atoms with Crippen LogP contribution in [0.2, 0.25) is 0 Å². The lowest BCUT2D eigenvalue weighted by molar-refractivity contribution is 0.0677. The third kappa shape index (κ3) is 2.40. The summed E-state index contributed by atoms with van der Waals surface area (Å²) in [6.45, 7) is 2.08. The van der Waals surface area contributed by atoms with Crippen LogP contribution < -0.4 is 5.32 Å². The molecule has 0 bridgehead atoms. The monoisotopic (exact) mass is 271 g/mol. The average Bonchev–Trinajstić information content (AvgIpc) is 3.08. The van der Waals surface area contributed by atoms with Crippen molar-refractivity contribution in [3.8, 4) is 0 Å². The minimum Gasteiger partial charge on any atom is -0.379 e. The van der Waals surface area contributed by atoms with Crippen molar-refractivity contribution in [3.63, 3.8) is 0 Å². The third-order valence-corrected chi connectivity index (χ3v) is 4.32. The van der Waals surface area contributed by atoms with Crippen molar-refractivity contribution in [3.05, 3.63) is 11.7 Å². The van der Waals surface area contributed by atoms with Crippen molar-refractivity contribution in [2.45, 2.75) is 18.1 Å². The Bertz CT molecular complexity index is 395. The molecule has 6 nitrogen and oxygen atoms in total. The maximum absolute atomic E-state index is 5.64. The molecular formula is C11H17N3O3S. The Morgan fingerprint density at radius 1 is 1.39 bits per heavy atom. The lowest BCUT2D eigenvalue weighted by Gasteiger charge is -2.18. The fraction of sp³-hybridized carbons (Fsp3) is 0.818. The number of aromatic nitrogens is 2. The van der Waals surface area contributed by atoms with Gasteiger partial charge in [-0.3, -0.25) is 0 Å². The molecular weight excluding hydrogens is 254 g/mol. The number of thioether (sulfide) groups is 1. The van der Waals surface area contributed by atoms with Gasteiger partial charge in [-0.15, -0.1) is 0 Å². The minimum atomic E-state index is -0.0309. The highest BCUT2D eigenvalue weighted by atomic mass is 32.2. The Balaban J connectivity index is 1.72. The predicted octanol–water partition coefficient (Wildman–Crippen LogP) is 0.576. The summed E-state index contributed by atoms with van der Waals surface area (Å²) in [5, 5.41) is 7.26. The molecule has 3 atom stereocenters. The molecule has 3 rings (SSSR count). The lowest BCUT2D eigenvalue weighted by atomic mass is 10.0. The largest absolute Gasteiger partial charge is 0.379 e. The molecule has 0 spiro atoms. The average molecular weight is 271 g/mol. The van der Waals surface area contributed by atoms with Gasteiger partial charge in [-0.25, -0.2) is 0 Å². The van der Waals surface area contributed by atoms with E-state index in [0.717, 1.165) is 18.1 Å². The summed E-state index contributed by atoms with van der Waals surface area (Å²) in [5.41, 5.74) is 0. The SMILES string of the molecule is CNC1COCC1c1nc(C2CSCCO2)no1. The smallest absolute Gasteiger partial charge is 0.233 e. The van der Waals surface area contributed by atoms with E-state index >= 15 is 0 Å². The van der Waals surface area contributed by atoms with E-state index in [0.29, 0.717) is 24.9 Å². The molecule has 1 aromatic heterocycles. The number of hydrogen-bond acceptors (Lipinski definition) is 7. The van der Waals surface area contributed by atoms with E-state index in [1.165, 1.54) is 0 Å². The van der Waals surface area contributed by atoms with Crippen molar-refractivity contribution in [2.24, 2.45) is 0 Å². The summed E-state index contributed by atoms with van der Waals surface area (Å²) in [6.07, 6.45) is -0.0309. The lowest BCUT2D eigenvalue weighted by Crippen LogP contribution is -2.31. The van der Waals surface area contributed by atoms with Gasteiger partial charge in [0, 0.05) is 17.5 Å². The summed E-state index contributed by atoms with van der Waals surface area (Å²) in [4.78, 5) is 4.48. The zero-order chi connectivity index (χ0) is 12.4. The van der Waals surface area contributed by atoms with Crippen LogP contribution >= 0.6 is 11.8 Å². The van der Waals surface area contributed by atoms with Gasteiger partial charge in [-0.05, 0) is 7.05 Å². The Kier molecular flexibility index (Phi) is 3.83. The van der Waals surface area contributed by atoms with Gasteiger partial charge in [0.15, 0.2) is 0 Å². The molecule has 3 heterocycles. The van der Waals surface area contributed by atoms with E-state index in [9.17, 15) is 0 Å². The van der Waals surface area contributed by atoms with Crippen LogP contribution in [0.1, 0.15) is 23.7 Å². The Hall–Kier alpha value is -0.630. The molecule has 0 aromatic carbocycles. The maximum atomic E-state index is 5.64. The van der Waals surface area contributed by atoms with Gasteiger partial charge in [0.05, 0.1) is 25.7 Å². The molecule has 1 N–H and O–H groups in total. The van der Waals surface area contributed by atoms with Crippen LogP contribution in [0.5, 0.6) is 0 Å². The zero-order valence-corrected chi connectivity index (χ0v) is 11.1. The van der Waals surface area contributed by atoms with E-state index in [1.807, 2.05) is 18.8 Å². The van der Waals surface area contributed by atoms with Gasteiger partial charge in [-0.1, -0.05) is 5.16 Å². The Morgan fingerprint density at radius 2 is 2.33 bits per heavy atom. The molecule has 1 aromatic rings. The molecule has 2 aliphatic rings. The van der Waals surface area contributed by atoms with Crippen LogP contribution in [-0.2, 0) is 9.47 Å². The number of nitrogens with zero attached hydrogens (tertiary/aromatic N) is 2. The van der Waals surface area contributed by atoms with Gasteiger partial charge >= 0.3 is 0 Å². The van der Waals surface area contributed by atoms with Crippen LogP contribution in [0.4, 0.5) is 0 Å². The molecule has 2 aliphatic heterocycles. The fourth-order valence-electron chi connectivity index (χ4n) is 2.25. The number of likely N-dealkylation sites (N-methyl/N-ethyl adjacent to an activating group) is 1. The molecule has 2 fully saturated rings. The van der Waals surface area contributed by atoms with Crippen molar-refractivity contribution in [1.29, 1.82) is 0 Å². The molecule has 0 radical (unpaired) electrons. The summed E-state index contributed by atoms with van der Waals surface area (Å²) in [7, 11) is 1.92. The van der Waals surface area contributed by atoms with Gasteiger partial charge in [-0.2, -0.15) is 16.7 Å². The second kappa shape index (κ2) is 5.56. The molecule has 100 valence electrons. The van der Waals surface area contributed by atoms with E-state index in [-0.39, 0.29) is 18.1 Å². The summed E-state index contributed by atoms with van der Waals surface area (Å²) in [5.74, 6) is 3.40. The first-order valence-corrected chi connectivity index (χ1v) is 7.32. The van der Waals surface area contributed by atoms with Crippen LogP contribution in [0.25, 0.3) is 0 Å². The highest BCUT2D eigenvalue weighted by Crippen LogP contribution is 2.28. The fourth-order valence-corrected chi connectivity index (χ4v) is 3.09. The van der Waals surface area contributed by atoms with Crippen molar-refractivity contribution >= 4 is 11.8 Å². The normalized spacial score (nSPS) is 32.8. The van der Waals surface area contributed by atoms with Gasteiger partial charge in [0.1, 0.15) is 6.10 Å². The van der Waals surface area contributed by atoms with Crippen LogP contribution in [0, 0.1) is 0 Å². The first kappa shape index (κ1) is 12.4. The zero-order valence-electron chi connectivity index (χ0n) is 10.3. The highest BCUT2D eigenvalue weighted by molar-refractivity contribution is 7.99. The van der Waals surface area contributed by atoms with Crippen LogP contribution in [-0.4, -0.2) is 54.6 Å². The Labute approximate surface area is 110 Å².